The van der Waals surface area contributed by atoms with E-state index in [4.69, 9.17) is 9.47 Å². The fraction of sp³-hybridized carbons (Fsp3) is 0.929. The Morgan fingerprint density at radius 2 is 2.32 bits per heavy atom. The zero-order valence-corrected chi connectivity index (χ0v) is 12.3. The highest BCUT2D eigenvalue weighted by atomic mass is 16.6. The van der Waals surface area contributed by atoms with E-state index in [-0.39, 0.29) is 17.6 Å². The lowest BCUT2D eigenvalue weighted by molar-refractivity contribution is -0.132. The number of carbonyl (C=O) groups is 1. The minimum atomic E-state index is -0.132. The Morgan fingerprint density at radius 3 is 2.95 bits per heavy atom. The number of hydrogen-bond donors (Lipinski definition) is 1. The molecule has 3 atom stereocenters. The monoisotopic (exact) mass is 270 g/mol. The molecule has 1 amide bonds. The van der Waals surface area contributed by atoms with Crippen LogP contribution in [0.2, 0.25) is 0 Å². The van der Waals surface area contributed by atoms with E-state index < -0.39 is 0 Å². The molecular weight excluding hydrogens is 244 g/mol. The minimum absolute atomic E-state index is 0.102. The number of hydrogen-bond acceptors (Lipinski definition) is 4. The number of rotatable bonds is 4. The lowest BCUT2D eigenvalue weighted by Crippen LogP contribution is -2.53. The molecule has 0 aromatic carbocycles. The maximum absolute atomic E-state index is 12.1. The van der Waals surface area contributed by atoms with Gasteiger partial charge in [0.2, 0.25) is 5.91 Å². The second-order valence-electron chi connectivity index (χ2n) is 5.76. The van der Waals surface area contributed by atoms with Gasteiger partial charge < -0.3 is 19.7 Å². The molecule has 2 aliphatic heterocycles. The van der Waals surface area contributed by atoms with E-state index in [1.165, 1.54) is 0 Å². The summed E-state index contributed by atoms with van der Waals surface area (Å²) < 4.78 is 11.4. The molecular formula is C14H26N2O3. The second-order valence-corrected chi connectivity index (χ2v) is 5.76. The molecule has 2 heterocycles. The van der Waals surface area contributed by atoms with Crippen LogP contribution in [0.3, 0.4) is 0 Å². The molecule has 2 fully saturated rings. The van der Waals surface area contributed by atoms with Gasteiger partial charge in [-0.15, -0.1) is 0 Å². The quantitative estimate of drug-likeness (QED) is 0.820. The van der Waals surface area contributed by atoms with Crippen LogP contribution in [-0.4, -0.2) is 61.9 Å². The highest BCUT2D eigenvalue weighted by Gasteiger charge is 2.41. The van der Waals surface area contributed by atoms with Gasteiger partial charge in [0.05, 0.1) is 18.2 Å². The third-order valence-corrected chi connectivity index (χ3v) is 4.27. The Bertz CT molecular complexity index is 316. The molecule has 2 rings (SSSR count). The fourth-order valence-electron chi connectivity index (χ4n) is 2.94. The number of carbonyl (C=O) groups excluding carboxylic acids is 1. The van der Waals surface area contributed by atoms with Crippen molar-refractivity contribution in [2.45, 2.75) is 50.8 Å². The summed E-state index contributed by atoms with van der Waals surface area (Å²) >= 11 is 0. The molecule has 3 unspecified atom stereocenters. The number of ether oxygens (including phenoxy) is 2. The highest BCUT2D eigenvalue weighted by molar-refractivity contribution is 5.81. The van der Waals surface area contributed by atoms with E-state index in [1.807, 2.05) is 20.9 Å². The van der Waals surface area contributed by atoms with Gasteiger partial charge >= 0.3 is 0 Å². The van der Waals surface area contributed by atoms with Crippen LogP contribution in [0, 0.1) is 0 Å². The SMILES string of the molecule is CCN(C)C(=O)C(C)NC1CCOC2(CCOC2)C1. The molecule has 5 heteroatoms. The third kappa shape index (κ3) is 3.46. The van der Waals surface area contributed by atoms with E-state index in [0.717, 1.165) is 39.0 Å². The standard InChI is InChI=1S/C14H26N2O3/c1-4-16(3)13(17)11(2)15-12-5-7-19-14(9-12)6-8-18-10-14/h11-12,15H,4-10H2,1-3H3. The second kappa shape index (κ2) is 6.20. The average Bonchev–Trinajstić information content (AvgIpc) is 2.84. The number of amides is 1. The number of nitrogens with zero attached hydrogens (tertiary/aromatic N) is 1. The molecule has 19 heavy (non-hydrogen) atoms. The first-order valence-corrected chi connectivity index (χ1v) is 7.29. The van der Waals surface area contributed by atoms with Gasteiger partial charge in [-0.25, -0.2) is 0 Å². The van der Waals surface area contributed by atoms with Gasteiger partial charge in [-0.3, -0.25) is 4.79 Å². The summed E-state index contributed by atoms with van der Waals surface area (Å²) in [7, 11) is 1.84. The molecule has 110 valence electrons. The zero-order valence-electron chi connectivity index (χ0n) is 12.3. The van der Waals surface area contributed by atoms with Crippen LogP contribution in [0.4, 0.5) is 0 Å². The Balaban J connectivity index is 1.86. The zero-order chi connectivity index (χ0) is 13.9. The molecule has 1 N–H and O–H groups in total. The summed E-state index contributed by atoms with van der Waals surface area (Å²) in [6.45, 7) is 6.93. The maximum Gasteiger partial charge on any atom is 0.239 e. The van der Waals surface area contributed by atoms with Gasteiger partial charge in [0.15, 0.2) is 0 Å². The van der Waals surface area contributed by atoms with Crippen molar-refractivity contribution < 1.29 is 14.3 Å². The summed E-state index contributed by atoms with van der Waals surface area (Å²) in [5.74, 6) is 0.158. The summed E-state index contributed by atoms with van der Waals surface area (Å²) in [6.07, 6.45) is 2.89. The van der Waals surface area contributed by atoms with Crippen molar-refractivity contribution >= 4 is 5.91 Å². The van der Waals surface area contributed by atoms with E-state index >= 15 is 0 Å². The molecule has 0 saturated carbocycles. The summed E-state index contributed by atoms with van der Waals surface area (Å²) in [5, 5.41) is 3.46. The van der Waals surface area contributed by atoms with Crippen LogP contribution in [0.1, 0.15) is 33.1 Å². The largest absolute Gasteiger partial charge is 0.378 e. The van der Waals surface area contributed by atoms with Crippen LogP contribution in [0.5, 0.6) is 0 Å². The first kappa shape index (κ1) is 14.8. The predicted octanol–water partition coefficient (Wildman–Crippen LogP) is 0.781. The highest BCUT2D eigenvalue weighted by Crippen LogP contribution is 2.32. The molecule has 0 radical (unpaired) electrons. The van der Waals surface area contributed by atoms with Crippen LogP contribution >= 0.6 is 0 Å². The average molecular weight is 270 g/mol. The molecule has 5 nitrogen and oxygen atoms in total. The molecule has 0 aromatic heterocycles. The lowest BCUT2D eigenvalue weighted by Gasteiger charge is -2.38. The Hall–Kier alpha value is -0.650. The van der Waals surface area contributed by atoms with Crippen LogP contribution in [0.15, 0.2) is 0 Å². The van der Waals surface area contributed by atoms with Gasteiger partial charge in [0, 0.05) is 39.3 Å². The first-order chi connectivity index (χ1) is 9.06. The molecule has 2 saturated heterocycles. The van der Waals surface area contributed by atoms with E-state index in [0.29, 0.717) is 12.6 Å². The van der Waals surface area contributed by atoms with Crippen LogP contribution in [0.25, 0.3) is 0 Å². The van der Waals surface area contributed by atoms with Crippen molar-refractivity contribution in [3.8, 4) is 0 Å². The van der Waals surface area contributed by atoms with Gasteiger partial charge in [0.25, 0.3) is 0 Å². The minimum Gasteiger partial charge on any atom is -0.378 e. The van der Waals surface area contributed by atoms with Crippen LogP contribution in [-0.2, 0) is 14.3 Å². The Kier molecular flexibility index (Phi) is 4.81. The molecule has 0 aliphatic carbocycles. The van der Waals surface area contributed by atoms with E-state index in [9.17, 15) is 4.79 Å². The van der Waals surface area contributed by atoms with Gasteiger partial charge in [-0.05, 0) is 26.7 Å². The fourth-order valence-corrected chi connectivity index (χ4v) is 2.94. The lowest BCUT2D eigenvalue weighted by atomic mass is 9.89. The smallest absolute Gasteiger partial charge is 0.239 e. The summed E-state index contributed by atoms with van der Waals surface area (Å²) in [6, 6.07) is 0.215. The normalized spacial score (nSPS) is 32.5. The molecule has 1 spiro atoms. The topological polar surface area (TPSA) is 50.8 Å². The maximum atomic E-state index is 12.1. The van der Waals surface area contributed by atoms with Crippen molar-refractivity contribution in [2.75, 3.05) is 33.4 Å². The summed E-state index contributed by atoms with van der Waals surface area (Å²) in [4.78, 5) is 13.8. The molecule has 2 aliphatic rings. The van der Waals surface area contributed by atoms with Gasteiger partial charge in [-0.1, -0.05) is 0 Å². The van der Waals surface area contributed by atoms with E-state index in [2.05, 4.69) is 5.32 Å². The predicted molar refractivity (Wildman–Crippen MR) is 73.0 cm³/mol. The Labute approximate surface area is 115 Å². The third-order valence-electron chi connectivity index (χ3n) is 4.27. The van der Waals surface area contributed by atoms with Crippen molar-refractivity contribution in [3.63, 3.8) is 0 Å². The summed E-state index contributed by atoms with van der Waals surface area (Å²) in [5.41, 5.74) is -0.102. The van der Waals surface area contributed by atoms with E-state index in [1.54, 1.807) is 4.90 Å². The van der Waals surface area contributed by atoms with Crippen molar-refractivity contribution in [1.82, 2.24) is 10.2 Å². The Morgan fingerprint density at radius 1 is 1.53 bits per heavy atom. The number of likely N-dealkylation sites (N-methyl/N-ethyl adjacent to an activating group) is 1. The first-order valence-electron chi connectivity index (χ1n) is 7.29. The van der Waals surface area contributed by atoms with Crippen LogP contribution < -0.4 is 5.32 Å². The van der Waals surface area contributed by atoms with Gasteiger partial charge in [0.1, 0.15) is 0 Å². The van der Waals surface area contributed by atoms with Crippen molar-refractivity contribution in [2.24, 2.45) is 0 Å². The van der Waals surface area contributed by atoms with Crippen molar-refractivity contribution in [3.05, 3.63) is 0 Å². The van der Waals surface area contributed by atoms with Gasteiger partial charge in [-0.2, -0.15) is 0 Å². The molecule has 0 bridgehead atoms. The number of nitrogens with one attached hydrogen (secondary N) is 1. The van der Waals surface area contributed by atoms with Crippen molar-refractivity contribution in [1.29, 1.82) is 0 Å². The molecule has 0 aromatic rings.